The summed E-state index contributed by atoms with van der Waals surface area (Å²) >= 11 is 0. The Balaban J connectivity index is 2.67. The van der Waals surface area contributed by atoms with Crippen molar-refractivity contribution in [3.63, 3.8) is 0 Å². The average Bonchev–Trinajstić information content (AvgIpc) is 2.87. The van der Waals surface area contributed by atoms with Crippen molar-refractivity contribution in [3.8, 4) is 11.9 Å². The van der Waals surface area contributed by atoms with E-state index in [0.717, 1.165) is 11.3 Å². The smallest absolute Gasteiger partial charge is 0.358 e. The van der Waals surface area contributed by atoms with E-state index in [-0.39, 0.29) is 17.2 Å². The molecule has 0 aliphatic carbocycles. The third kappa shape index (κ3) is 2.41. The van der Waals surface area contributed by atoms with Crippen LogP contribution in [-0.4, -0.2) is 31.1 Å². The summed E-state index contributed by atoms with van der Waals surface area (Å²) in [5.74, 6) is -1.05. The number of nitriles is 1. The Bertz CT molecular complexity index is 744. The average molecular weight is 286 g/mol. The Kier molecular flexibility index (Phi) is 3.84. The SMILES string of the molecule is CCc1nnc(-n2cc(N)c(C(=O)O)n2)c(C#N)c1CC. The van der Waals surface area contributed by atoms with Crippen molar-refractivity contribution in [1.82, 2.24) is 20.0 Å². The number of carboxylic acid groups (broad SMARTS) is 1. The molecule has 8 heteroatoms. The minimum atomic E-state index is -1.24. The maximum atomic E-state index is 11.0. The van der Waals surface area contributed by atoms with E-state index in [2.05, 4.69) is 21.4 Å². The third-order valence-corrected chi connectivity index (χ3v) is 3.10. The summed E-state index contributed by atoms with van der Waals surface area (Å²) in [4.78, 5) is 11.0. The van der Waals surface area contributed by atoms with E-state index in [1.807, 2.05) is 13.8 Å². The Morgan fingerprint density at radius 2 is 2.14 bits per heavy atom. The molecule has 2 aromatic rings. The van der Waals surface area contributed by atoms with E-state index in [1.165, 1.54) is 10.9 Å². The molecule has 0 amide bonds. The topological polar surface area (TPSA) is 131 Å². The fourth-order valence-corrected chi connectivity index (χ4v) is 2.10. The quantitative estimate of drug-likeness (QED) is 0.854. The molecule has 0 atom stereocenters. The normalized spacial score (nSPS) is 10.3. The van der Waals surface area contributed by atoms with Crippen molar-refractivity contribution < 1.29 is 9.90 Å². The van der Waals surface area contributed by atoms with E-state index < -0.39 is 5.97 Å². The molecule has 0 spiro atoms. The van der Waals surface area contributed by atoms with Gasteiger partial charge in [-0.15, -0.1) is 5.10 Å². The Hall–Kier alpha value is -2.95. The molecule has 3 N–H and O–H groups in total. The number of anilines is 1. The van der Waals surface area contributed by atoms with Crippen molar-refractivity contribution in [3.05, 3.63) is 28.7 Å². The highest BCUT2D eigenvalue weighted by Crippen LogP contribution is 2.20. The van der Waals surface area contributed by atoms with Gasteiger partial charge in [-0.25, -0.2) is 9.48 Å². The summed E-state index contributed by atoms with van der Waals surface area (Å²) in [5, 5.41) is 30.3. The molecule has 8 nitrogen and oxygen atoms in total. The van der Waals surface area contributed by atoms with Crippen LogP contribution in [0.25, 0.3) is 5.82 Å². The van der Waals surface area contributed by atoms with E-state index in [1.54, 1.807) is 0 Å². The van der Waals surface area contributed by atoms with E-state index in [4.69, 9.17) is 10.8 Å². The van der Waals surface area contributed by atoms with Crippen molar-refractivity contribution in [2.75, 3.05) is 5.73 Å². The standard InChI is InChI=1S/C13H14N6O2/c1-3-7-8(5-14)12(17-16-10(7)4-2)19-6-9(15)11(18-19)13(20)21/h6H,3-4,15H2,1-2H3,(H,20,21). The summed E-state index contributed by atoms with van der Waals surface area (Å²) in [6, 6.07) is 2.09. The first-order valence-electron chi connectivity index (χ1n) is 6.40. The van der Waals surface area contributed by atoms with E-state index >= 15 is 0 Å². The Labute approximate surface area is 120 Å². The van der Waals surface area contributed by atoms with Gasteiger partial charge < -0.3 is 10.8 Å². The van der Waals surface area contributed by atoms with Gasteiger partial charge in [0.05, 0.1) is 17.6 Å². The molecule has 21 heavy (non-hydrogen) atoms. The van der Waals surface area contributed by atoms with Gasteiger partial charge in [0.25, 0.3) is 0 Å². The number of aryl methyl sites for hydroxylation is 1. The lowest BCUT2D eigenvalue weighted by Crippen LogP contribution is -2.11. The number of aromatic carboxylic acids is 1. The van der Waals surface area contributed by atoms with Crippen LogP contribution in [0.4, 0.5) is 5.69 Å². The molecule has 0 saturated carbocycles. The second kappa shape index (κ2) is 5.58. The van der Waals surface area contributed by atoms with Gasteiger partial charge in [-0.3, -0.25) is 0 Å². The molecule has 0 aromatic carbocycles. The first kappa shape index (κ1) is 14.5. The maximum absolute atomic E-state index is 11.0. The highest BCUT2D eigenvalue weighted by molar-refractivity contribution is 5.91. The summed E-state index contributed by atoms with van der Waals surface area (Å²) in [6.45, 7) is 3.85. The second-order valence-electron chi connectivity index (χ2n) is 4.33. The highest BCUT2D eigenvalue weighted by Gasteiger charge is 2.20. The van der Waals surface area contributed by atoms with Crippen molar-refractivity contribution in [1.29, 1.82) is 5.26 Å². The number of nitrogens with zero attached hydrogens (tertiary/aromatic N) is 5. The van der Waals surface area contributed by atoms with Crippen LogP contribution in [0.1, 0.15) is 41.2 Å². The van der Waals surface area contributed by atoms with Crippen LogP contribution in [0, 0.1) is 11.3 Å². The number of hydrogen-bond donors (Lipinski definition) is 2. The summed E-state index contributed by atoms with van der Waals surface area (Å²) in [7, 11) is 0. The Morgan fingerprint density at radius 1 is 1.43 bits per heavy atom. The lowest BCUT2D eigenvalue weighted by atomic mass is 10.0. The molecule has 0 radical (unpaired) electrons. The zero-order chi connectivity index (χ0) is 15.6. The van der Waals surface area contributed by atoms with E-state index in [9.17, 15) is 10.1 Å². The van der Waals surface area contributed by atoms with Gasteiger partial charge >= 0.3 is 5.97 Å². The molecule has 2 rings (SSSR count). The van der Waals surface area contributed by atoms with Gasteiger partial charge in [0.15, 0.2) is 11.5 Å². The minimum Gasteiger partial charge on any atom is -0.476 e. The number of hydrogen-bond acceptors (Lipinski definition) is 6. The zero-order valence-electron chi connectivity index (χ0n) is 11.7. The molecular weight excluding hydrogens is 272 g/mol. The lowest BCUT2D eigenvalue weighted by Gasteiger charge is -2.09. The maximum Gasteiger partial charge on any atom is 0.358 e. The fourth-order valence-electron chi connectivity index (χ4n) is 2.10. The number of nitrogen functional groups attached to an aromatic ring is 1. The minimum absolute atomic E-state index is 0.00538. The molecule has 2 heterocycles. The summed E-state index contributed by atoms with van der Waals surface area (Å²) in [5.41, 5.74) is 7.20. The van der Waals surface area contributed by atoms with Crippen LogP contribution in [0.2, 0.25) is 0 Å². The van der Waals surface area contributed by atoms with Gasteiger partial charge in [-0.1, -0.05) is 13.8 Å². The van der Waals surface area contributed by atoms with Gasteiger partial charge in [0.1, 0.15) is 11.6 Å². The van der Waals surface area contributed by atoms with Crippen molar-refractivity contribution in [2.45, 2.75) is 26.7 Å². The number of carbonyl (C=O) groups is 1. The predicted molar refractivity (Wildman–Crippen MR) is 74.0 cm³/mol. The molecule has 0 unspecified atom stereocenters. The molecular formula is C13H14N6O2. The predicted octanol–water partition coefficient (Wildman–Crippen LogP) is 0.939. The van der Waals surface area contributed by atoms with Crippen molar-refractivity contribution >= 4 is 11.7 Å². The van der Waals surface area contributed by atoms with Crippen LogP contribution < -0.4 is 5.73 Å². The van der Waals surface area contributed by atoms with Crippen LogP contribution in [-0.2, 0) is 12.8 Å². The van der Waals surface area contributed by atoms with Crippen LogP contribution in [0.5, 0.6) is 0 Å². The molecule has 0 bridgehead atoms. The molecule has 0 saturated heterocycles. The third-order valence-electron chi connectivity index (χ3n) is 3.10. The summed E-state index contributed by atoms with van der Waals surface area (Å²) < 4.78 is 1.18. The van der Waals surface area contributed by atoms with Crippen LogP contribution in [0.3, 0.4) is 0 Å². The monoisotopic (exact) mass is 286 g/mol. The van der Waals surface area contributed by atoms with Crippen molar-refractivity contribution in [2.24, 2.45) is 0 Å². The number of nitrogens with two attached hydrogens (primary N) is 1. The zero-order valence-corrected chi connectivity index (χ0v) is 11.7. The number of carboxylic acids is 1. The number of aromatic nitrogens is 4. The first-order chi connectivity index (χ1) is 10.0. The van der Waals surface area contributed by atoms with Crippen LogP contribution in [0.15, 0.2) is 6.20 Å². The van der Waals surface area contributed by atoms with Gasteiger partial charge in [0, 0.05) is 0 Å². The lowest BCUT2D eigenvalue weighted by molar-refractivity contribution is 0.0691. The molecule has 2 aromatic heterocycles. The largest absolute Gasteiger partial charge is 0.476 e. The summed E-state index contributed by atoms with van der Waals surface area (Å²) in [6.07, 6.45) is 2.60. The first-order valence-corrected chi connectivity index (χ1v) is 6.40. The van der Waals surface area contributed by atoms with Gasteiger partial charge in [0.2, 0.25) is 0 Å². The Morgan fingerprint density at radius 3 is 2.62 bits per heavy atom. The number of rotatable bonds is 4. The molecule has 0 fully saturated rings. The van der Waals surface area contributed by atoms with Gasteiger partial charge in [-0.2, -0.15) is 15.5 Å². The molecule has 0 aliphatic rings. The van der Waals surface area contributed by atoms with Gasteiger partial charge in [-0.05, 0) is 18.4 Å². The second-order valence-corrected chi connectivity index (χ2v) is 4.33. The molecule has 108 valence electrons. The van der Waals surface area contributed by atoms with Crippen LogP contribution >= 0.6 is 0 Å². The highest BCUT2D eigenvalue weighted by atomic mass is 16.4. The van der Waals surface area contributed by atoms with E-state index in [0.29, 0.717) is 18.4 Å². The molecule has 0 aliphatic heterocycles. The fraction of sp³-hybridized carbons (Fsp3) is 0.308.